The number of carbonyl (C=O) groups excluding carboxylic acids is 3. The number of rotatable bonds is 30. The average Bonchev–Trinajstić information content (AvgIpc) is 2.97. The predicted molar refractivity (Wildman–Crippen MR) is 181 cm³/mol. The minimum Gasteiger partial charge on any atom is -0.278 e. The molecule has 244 valence electrons. The number of unbranched alkanes of at least 4 members (excludes halogenated alkanes) is 22. The second-order valence-corrected chi connectivity index (χ2v) is 12.1. The van der Waals surface area contributed by atoms with Crippen molar-refractivity contribution in [1.82, 2.24) is 10.6 Å². The Labute approximate surface area is 260 Å². The smallest absolute Gasteiger partial charge is 0.278 e. The van der Waals surface area contributed by atoms with E-state index in [0.717, 1.165) is 51.4 Å². The third-order valence-electron chi connectivity index (χ3n) is 7.84. The average molecular weight is 589 g/mol. The highest BCUT2D eigenvalue weighted by atomic mass is 16.2. The summed E-state index contributed by atoms with van der Waals surface area (Å²) in [4.78, 5) is 35.9. The van der Waals surface area contributed by atoms with Crippen LogP contribution >= 0.6 is 0 Å². The van der Waals surface area contributed by atoms with Gasteiger partial charge in [-0.05, 0) is 64.2 Å². The number of allylic oxidation sites excluding steroid dienone is 4. The van der Waals surface area contributed by atoms with Gasteiger partial charge < -0.3 is 0 Å². The van der Waals surface area contributed by atoms with E-state index in [0.29, 0.717) is 12.8 Å². The lowest BCUT2D eigenvalue weighted by Gasteiger charge is -2.06. The van der Waals surface area contributed by atoms with Crippen molar-refractivity contribution >= 4 is 17.8 Å². The summed E-state index contributed by atoms with van der Waals surface area (Å²) in [5, 5.41) is 4.58. The van der Waals surface area contributed by atoms with Crippen LogP contribution in [0.3, 0.4) is 0 Å². The van der Waals surface area contributed by atoms with Crippen LogP contribution in [0.25, 0.3) is 0 Å². The van der Waals surface area contributed by atoms with Crippen LogP contribution in [-0.2, 0) is 9.59 Å². The van der Waals surface area contributed by atoms with Crippen LogP contribution < -0.4 is 10.6 Å². The molecule has 0 aromatic rings. The number of hydrogen-bond acceptors (Lipinski definition) is 3. The van der Waals surface area contributed by atoms with Crippen molar-refractivity contribution in [2.45, 2.75) is 194 Å². The molecular formula is C37H68N2O3. The van der Waals surface area contributed by atoms with Crippen LogP contribution in [0.4, 0.5) is 4.79 Å². The molecule has 0 aliphatic heterocycles. The van der Waals surface area contributed by atoms with E-state index < -0.39 is 6.03 Å². The van der Waals surface area contributed by atoms with Gasteiger partial charge >= 0.3 is 6.03 Å². The molecule has 0 aromatic heterocycles. The molecule has 0 unspecified atom stereocenters. The van der Waals surface area contributed by atoms with E-state index in [1.54, 1.807) is 0 Å². The van der Waals surface area contributed by atoms with Crippen LogP contribution in [0.15, 0.2) is 24.3 Å². The van der Waals surface area contributed by atoms with Gasteiger partial charge in [0.15, 0.2) is 0 Å². The number of amides is 4. The van der Waals surface area contributed by atoms with Crippen molar-refractivity contribution in [2.24, 2.45) is 0 Å². The topological polar surface area (TPSA) is 75.3 Å². The van der Waals surface area contributed by atoms with Crippen molar-refractivity contribution in [3.05, 3.63) is 24.3 Å². The Morgan fingerprint density at radius 1 is 0.381 bits per heavy atom. The quantitative estimate of drug-likeness (QED) is 0.0647. The van der Waals surface area contributed by atoms with Gasteiger partial charge in [-0.25, -0.2) is 4.79 Å². The number of urea groups is 1. The van der Waals surface area contributed by atoms with Gasteiger partial charge in [-0.2, -0.15) is 0 Å². The van der Waals surface area contributed by atoms with Crippen molar-refractivity contribution in [3.63, 3.8) is 0 Å². The third kappa shape index (κ3) is 32.6. The SMILES string of the molecule is CCCCCCCC/C=C/CCCCCCCC(=O)NC(=O)NC(=O)CCCCCCC/C=C/CCCCCCCC. The first-order valence-electron chi connectivity index (χ1n) is 18.0. The predicted octanol–water partition coefficient (Wildman–Crippen LogP) is 11.4. The Morgan fingerprint density at radius 3 is 0.952 bits per heavy atom. The zero-order valence-electron chi connectivity index (χ0n) is 27.8. The van der Waals surface area contributed by atoms with Gasteiger partial charge in [0.2, 0.25) is 11.8 Å². The van der Waals surface area contributed by atoms with Crippen LogP contribution in [0.1, 0.15) is 194 Å². The van der Waals surface area contributed by atoms with Gasteiger partial charge in [-0.1, -0.05) is 141 Å². The normalized spacial score (nSPS) is 11.5. The Balaban J connectivity index is 3.48. The van der Waals surface area contributed by atoms with Crippen LogP contribution in [-0.4, -0.2) is 17.8 Å². The first-order valence-corrected chi connectivity index (χ1v) is 18.0. The van der Waals surface area contributed by atoms with Crippen LogP contribution in [0.2, 0.25) is 0 Å². The molecule has 0 bridgehead atoms. The van der Waals surface area contributed by atoms with E-state index >= 15 is 0 Å². The highest BCUT2D eigenvalue weighted by Gasteiger charge is 2.10. The fourth-order valence-corrected chi connectivity index (χ4v) is 5.12. The van der Waals surface area contributed by atoms with Crippen LogP contribution in [0, 0.1) is 0 Å². The van der Waals surface area contributed by atoms with E-state index in [9.17, 15) is 14.4 Å². The molecule has 0 fully saturated rings. The van der Waals surface area contributed by atoms with E-state index in [4.69, 9.17) is 0 Å². The lowest BCUT2D eigenvalue weighted by Crippen LogP contribution is -2.42. The number of hydrogen-bond donors (Lipinski definition) is 2. The summed E-state index contributed by atoms with van der Waals surface area (Å²) >= 11 is 0. The first kappa shape index (κ1) is 40.1. The Morgan fingerprint density at radius 2 is 0.643 bits per heavy atom. The van der Waals surface area contributed by atoms with Gasteiger partial charge in [0.05, 0.1) is 0 Å². The molecule has 0 aliphatic rings. The maximum absolute atomic E-state index is 12.0. The minimum absolute atomic E-state index is 0.307. The molecule has 0 rings (SSSR count). The lowest BCUT2D eigenvalue weighted by molar-refractivity contribution is -0.120. The Hall–Kier alpha value is -1.91. The molecule has 0 saturated carbocycles. The second kappa shape index (κ2) is 33.6. The van der Waals surface area contributed by atoms with Crippen LogP contribution in [0.5, 0.6) is 0 Å². The third-order valence-corrected chi connectivity index (χ3v) is 7.84. The molecule has 0 atom stereocenters. The number of carbonyl (C=O) groups is 3. The maximum Gasteiger partial charge on any atom is 0.328 e. The summed E-state index contributed by atoms with van der Waals surface area (Å²) in [6, 6.07) is -0.689. The van der Waals surface area contributed by atoms with Gasteiger partial charge in [-0.3, -0.25) is 20.2 Å². The molecule has 42 heavy (non-hydrogen) atoms. The molecule has 0 radical (unpaired) electrons. The molecule has 4 amide bonds. The van der Waals surface area contributed by atoms with Gasteiger partial charge in [0.25, 0.3) is 0 Å². The molecular weight excluding hydrogens is 520 g/mol. The molecule has 2 N–H and O–H groups in total. The van der Waals surface area contributed by atoms with Gasteiger partial charge in [0, 0.05) is 12.8 Å². The molecule has 0 spiro atoms. The van der Waals surface area contributed by atoms with Crippen molar-refractivity contribution in [3.8, 4) is 0 Å². The summed E-state index contributed by atoms with van der Waals surface area (Å²) in [6.45, 7) is 4.51. The second-order valence-electron chi connectivity index (χ2n) is 12.1. The van der Waals surface area contributed by atoms with E-state index in [2.05, 4.69) is 48.8 Å². The van der Waals surface area contributed by atoms with Crippen molar-refractivity contribution in [1.29, 1.82) is 0 Å². The van der Waals surface area contributed by atoms with E-state index in [-0.39, 0.29) is 11.8 Å². The molecule has 5 nitrogen and oxygen atoms in total. The maximum atomic E-state index is 12.0. The summed E-state index contributed by atoms with van der Waals surface area (Å²) in [6.07, 6.45) is 41.3. The Bertz CT molecular complexity index is 630. The number of nitrogens with one attached hydrogen (secondary N) is 2. The standard InChI is InChI=1S/C37H68N2O3/c1-3-5-7-9-11-13-15-17-19-21-23-25-27-29-31-33-35(40)38-37(42)39-36(41)34-32-30-28-26-24-22-20-18-16-14-12-10-8-6-4-2/h17-20H,3-16,21-34H2,1-2H3,(H2,38,39,40,41,42)/b19-17+,20-18+. The highest BCUT2D eigenvalue weighted by molar-refractivity contribution is 6.01. The highest BCUT2D eigenvalue weighted by Crippen LogP contribution is 2.11. The monoisotopic (exact) mass is 589 g/mol. The zero-order valence-corrected chi connectivity index (χ0v) is 27.8. The molecule has 0 aromatic carbocycles. The fraction of sp³-hybridized carbons (Fsp3) is 0.811. The zero-order chi connectivity index (χ0) is 30.8. The summed E-state index contributed by atoms with van der Waals surface area (Å²) in [5.41, 5.74) is 0. The first-order chi connectivity index (χ1) is 20.6. The largest absolute Gasteiger partial charge is 0.328 e. The van der Waals surface area contributed by atoms with E-state index in [1.165, 1.54) is 116 Å². The molecule has 0 aliphatic carbocycles. The lowest BCUT2D eigenvalue weighted by atomic mass is 10.1. The van der Waals surface area contributed by atoms with Gasteiger partial charge in [0.1, 0.15) is 0 Å². The number of imide groups is 2. The Kier molecular flexibility index (Phi) is 32.1. The molecule has 5 heteroatoms. The fourth-order valence-electron chi connectivity index (χ4n) is 5.12. The van der Waals surface area contributed by atoms with Crippen molar-refractivity contribution in [2.75, 3.05) is 0 Å². The molecule has 0 saturated heterocycles. The molecule has 0 heterocycles. The van der Waals surface area contributed by atoms with E-state index in [1.807, 2.05) is 0 Å². The van der Waals surface area contributed by atoms with Crippen molar-refractivity contribution < 1.29 is 14.4 Å². The van der Waals surface area contributed by atoms with Gasteiger partial charge in [-0.15, -0.1) is 0 Å². The summed E-state index contributed by atoms with van der Waals surface area (Å²) in [7, 11) is 0. The summed E-state index contributed by atoms with van der Waals surface area (Å²) < 4.78 is 0. The summed E-state index contributed by atoms with van der Waals surface area (Å²) in [5.74, 6) is -0.613. The minimum atomic E-state index is -0.689.